The first-order chi connectivity index (χ1) is 14.6. The average Bonchev–Trinajstić information content (AvgIpc) is 3.02. The van der Waals surface area contributed by atoms with Gasteiger partial charge in [-0.25, -0.2) is 9.97 Å². The van der Waals surface area contributed by atoms with Crippen LogP contribution in [0, 0.1) is 0 Å². The average molecular weight is 403 g/mol. The highest BCUT2D eigenvalue weighted by Crippen LogP contribution is 2.43. The largest absolute Gasteiger partial charge is 0.497 e. The minimum atomic E-state index is -0.560. The van der Waals surface area contributed by atoms with Gasteiger partial charge in [0.1, 0.15) is 17.9 Å². The molecule has 3 N–H and O–H groups in total. The second kappa shape index (κ2) is 8.12. The highest BCUT2D eigenvalue weighted by molar-refractivity contribution is 6.00. The summed E-state index contributed by atoms with van der Waals surface area (Å²) in [5, 5.41) is 3.28. The van der Waals surface area contributed by atoms with Crippen LogP contribution in [0.25, 0.3) is 0 Å². The van der Waals surface area contributed by atoms with Gasteiger partial charge in [-0.1, -0.05) is 19.1 Å². The fraction of sp³-hybridized carbons (Fsp3) is 0.261. The van der Waals surface area contributed by atoms with Gasteiger partial charge in [-0.2, -0.15) is 0 Å². The number of hydrogen-bond donors (Lipinski definition) is 2. The van der Waals surface area contributed by atoms with Crippen LogP contribution in [0.3, 0.4) is 0 Å². The number of anilines is 2. The Hall–Kier alpha value is -3.45. The molecule has 1 aliphatic rings. The van der Waals surface area contributed by atoms with Crippen LogP contribution in [0.1, 0.15) is 34.8 Å². The molecule has 1 atom stereocenters. The third-order valence-corrected chi connectivity index (χ3v) is 5.79. The number of nitrogens with two attached hydrogens (primary N) is 1. The van der Waals surface area contributed by atoms with Crippen molar-refractivity contribution in [2.24, 2.45) is 5.73 Å². The molecule has 2 aromatic carbocycles. The van der Waals surface area contributed by atoms with E-state index < -0.39 is 5.54 Å². The zero-order valence-electron chi connectivity index (χ0n) is 17.1. The van der Waals surface area contributed by atoms with Gasteiger partial charge in [0, 0.05) is 30.5 Å². The van der Waals surface area contributed by atoms with Gasteiger partial charge in [0.05, 0.1) is 12.6 Å². The molecule has 0 spiro atoms. The summed E-state index contributed by atoms with van der Waals surface area (Å²) in [5.41, 5.74) is 9.27. The van der Waals surface area contributed by atoms with Crippen molar-refractivity contribution in [1.29, 1.82) is 0 Å². The Balaban J connectivity index is 1.69. The standard InChI is InChI=1S/C23H25N5O2/c1-3-23(14-24)20-12-17(27-21-10-11-25-15-26-21)6-9-19(20)22(29)28(23)13-16-4-7-18(30-2)8-5-16/h4-12,15H,3,13-14,24H2,1-2H3,(H,25,26,27). The first-order valence-electron chi connectivity index (χ1n) is 9.94. The van der Waals surface area contributed by atoms with Gasteiger partial charge in [-0.15, -0.1) is 0 Å². The number of benzene rings is 2. The molecule has 2 heterocycles. The van der Waals surface area contributed by atoms with Crippen molar-refractivity contribution < 1.29 is 9.53 Å². The Kier molecular flexibility index (Phi) is 5.37. The molecule has 0 bridgehead atoms. The summed E-state index contributed by atoms with van der Waals surface area (Å²) in [5.74, 6) is 1.48. The molecule has 1 amide bonds. The van der Waals surface area contributed by atoms with E-state index in [0.29, 0.717) is 24.5 Å². The quantitative estimate of drug-likeness (QED) is 0.628. The number of hydrogen-bond acceptors (Lipinski definition) is 6. The van der Waals surface area contributed by atoms with E-state index in [4.69, 9.17) is 10.5 Å². The number of methoxy groups -OCH3 is 1. The Morgan fingerprint density at radius 2 is 1.97 bits per heavy atom. The summed E-state index contributed by atoms with van der Waals surface area (Å²) < 4.78 is 5.24. The van der Waals surface area contributed by atoms with Crippen molar-refractivity contribution in [3.05, 3.63) is 77.7 Å². The van der Waals surface area contributed by atoms with Crippen LogP contribution in [0.4, 0.5) is 11.5 Å². The van der Waals surface area contributed by atoms with Crippen molar-refractivity contribution in [1.82, 2.24) is 14.9 Å². The van der Waals surface area contributed by atoms with E-state index in [-0.39, 0.29) is 5.91 Å². The summed E-state index contributed by atoms with van der Waals surface area (Å²) >= 11 is 0. The molecule has 0 radical (unpaired) electrons. The second-order valence-corrected chi connectivity index (χ2v) is 7.31. The number of carbonyl (C=O) groups is 1. The van der Waals surface area contributed by atoms with E-state index >= 15 is 0 Å². The summed E-state index contributed by atoms with van der Waals surface area (Å²) in [6.45, 7) is 2.90. The zero-order chi connectivity index (χ0) is 21.1. The lowest BCUT2D eigenvalue weighted by atomic mass is 9.86. The fourth-order valence-electron chi connectivity index (χ4n) is 4.07. The maximum absolute atomic E-state index is 13.3. The van der Waals surface area contributed by atoms with Crippen molar-refractivity contribution in [2.75, 3.05) is 19.0 Å². The lowest BCUT2D eigenvalue weighted by Crippen LogP contribution is -2.48. The van der Waals surface area contributed by atoms with Gasteiger partial charge in [0.25, 0.3) is 5.91 Å². The van der Waals surface area contributed by atoms with Crippen LogP contribution in [-0.2, 0) is 12.1 Å². The van der Waals surface area contributed by atoms with Gasteiger partial charge in [0.15, 0.2) is 0 Å². The molecule has 1 aliphatic heterocycles. The van der Waals surface area contributed by atoms with Crippen molar-refractivity contribution >= 4 is 17.4 Å². The van der Waals surface area contributed by atoms with E-state index in [9.17, 15) is 4.79 Å². The van der Waals surface area contributed by atoms with Crippen LogP contribution in [0.15, 0.2) is 61.1 Å². The monoisotopic (exact) mass is 403 g/mol. The second-order valence-electron chi connectivity index (χ2n) is 7.31. The zero-order valence-corrected chi connectivity index (χ0v) is 17.1. The highest BCUT2D eigenvalue weighted by Gasteiger charge is 2.47. The number of aromatic nitrogens is 2. The highest BCUT2D eigenvalue weighted by atomic mass is 16.5. The van der Waals surface area contributed by atoms with Crippen molar-refractivity contribution in [2.45, 2.75) is 25.4 Å². The molecule has 3 aromatic rings. The molecule has 1 aromatic heterocycles. The predicted molar refractivity (Wildman–Crippen MR) is 116 cm³/mol. The van der Waals surface area contributed by atoms with E-state index in [2.05, 4.69) is 22.2 Å². The first kappa shape index (κ1) is 19.8. The molecule has 7 heteroatoms. The molecule has 7 nitrogen and oxygen atoms in total. The number of amides is 1. The van der Waals surface area contributed by atoms with E-state index in [0.717, 1.165) is 29.0 Å². The lowest BCUT2D eigenvalue weighted by Gasteiger charge is -2.38. The Morgan fingerprint density at radius 1 is 1.17 bits per heavy atom. The van der Waals surface area contributed by atoms with Crippen molar-refractivity contribution in [3.8, 4) is 5.75 Å². The van der Waals surface area contributed by atoms with E-state index in [1.165, 1.54) is 6.33 Å². The van der Waals surface area contributed by atoms with E-state index in [1.54, 1.807) is 19.4 Å². The third-order valence-electron chi connectivity index (χ3n) is 5.79. The van der Waals surface area contributed by atoms with Gasteiger partial charge < -0.3 is 20.7 Å². The smallest absolute Gasteiger partial charge is 0.255 e. The van der Waals surface area contributed by atoms with E-state index in [1.807, 2.05) is 47.4 Å². The number of carbonyl (C=O) groups excluding carboxylic acids is 1. The molecule has 30 heavy (non-hydrogen) atoms. The van der Waals surface area contributed by atoms with Crippen molar-refractivity contribution in [3.63, 3.8) is 0 Å². The fourth-order valence-corrected chi connectivity index (χ4v) is 4.07. The number of rotatable bonds is 7. The topological polar surface area (TPSA) is 93.4 Å². The summed E-state index contributed by atoms with van der Waals surface area (Å²) in [4.78, 5) is 23.4. The molecular weight excluding hydrogens is 378 g/mol. The Morgan fingerprint density at radius 3 is 2.60 bits per heavy atom. The van der Waals surface area contributed by atoms with Gasteiger partial charge in [-0.05, 0) is 53.9 Å². The maximum Gasteiger partial charge on any atom is 0.255 e. The number of ether oxygens (including phenoxy) is 1. The first-order valence-corrected chi connectivity index (χ1v) is 9.94. The molecule has 0 aliphatic carbocycles. The number of nitrogens with one attached hydrogen (secondary N) is 1. The Bertz CT molecular complexity index is 1030. The minimum absolute atomic E-state index is 0.00158. The van der Waals surface area contributed by atoms with Crippen LogP contribution in [-0.4, -0.2) is 34.4 Å². The SMILES string of the molecule is CCC1(CN)c2cc(Nc3ccncn3)ccc2C(=O)N1Cc1ccc(OC)cc1. The van der Waals surface area contributed by atoms with Gasteiger partial charge in [0.2, 0.25) is 0 Å². The maximum atomic E-state index is 13.3. The summed E-state index contributed by atoms with van der Waals surface area (Å²) in [7, 11) is 1.64. The summed E-state index contributed by atoms with van der Waals surface area (Å²) in [6.07, 6.45) is 3.89. The van der Waals surface area contributed by atoms with Crippen LogP contribution in [0.2, 0.25) is 0 Å². The lowest BCUT2D eigenvalue weighted by molar-refractivity contribution is 0.0522. The van der Waals surface area contributed by atoms with Gasteiger partial charge in [-0.3, -0.25) is 4.79 Å². The number of nitrogens with zero attached hydrogens (tertiary/aromatic N) is 3. The van der Waals surface area contributed by atoms with Crippen LogP contribution < -0.4 is 15.8 Å². The van der Waals surface area contributed by atoms with Crippen LogP contribution in [0.5, 0.6) is 5.75 Å². The Labute approximate surface area is 175 Å². The molecule has 0 saturated carbocycles. The summed E-state index contributed by atoms with van der Waals surface area (Å²) in [6, 6.07) is 15.3. The molecule has 154 valence electrons. The predicted octanol–water partition coefficient (Wildman–Crippen LogP) is 3.45. The van der Waals surface area contributed by atoms with Crippen LogP contribution >= 0.6 is 0 Å². The molecular formula is C23H25N5O2. The minimum Gasteiger partial charge on any atom is -0.497 e. The van der Waals surface area contributed by atoms with Gasteiger partial charge >= 0.3 is 0 Å². The molecule has 0 fully saturated rings. The third kappa shape index (κ3) is 3.37. The normalized spacial score (nSPS) is 17.7. The molecule has 4 rings (SSSR count). The number of fused-ring (bicyclic) bond motifs is 1. The molecule has 0 saturated heterocycles. The molecule has 1 unspecified atom stereocenters.